The van der Waals surface area contributed by atoms with Crippen LogP contribution in [0.1, 0.15) is 33.3 Å². The van der Waals surface area contributed by atoms with Crippen molar-refractivity contribution in [1.82, 2.24) is 4.31 Å². The van der Waals surface area contributed by atoms with Crippen LogP contribution in [0.4, 0.5) is 4.39 Å². The van der Waals surface area contributed by atoms with Crippen LogP contribution in [0.5, 0.6) is 0 Å². The number of benzene rings is 2. The molecular weight excluding hydrogens is 416 g/mol. The van der Waals surface area contributed by atoms with Crippen molar-refractivity contribution in [3.63, 3.8) is 0 Å². The van der Waals surface area contributed by atoms with Crippen LogP contribution in [0.2, 0.25) is 5.02 Å². The number of methoxy groups -OCH3 is 1. The van der Waals surface area contributed by atoms with Gasteiger partial charge in [0.1, 0.15) is 5.82 Å². The monoisotopic (exact) mass is 433 g/mol. The molecule has 0 saturated carbocycles. The highest BCUT2D eigenvalue weighted by atomic mass is 35.5. The van der Waals surface area contributed by atoms with E-state index in [9.17, 15) is 17.9 Å². The molecule has 2 aromatic rings. The molecule has 0 radical (unpaired) electrons. The minimum atomic E-state index is -2.20. The Kier molecular flexibility index (Phi) is 8.19. The summed E-state index contributed by atoms with van der Waals surface area (Å²) in [5.74, 6) is -0.982. The number of esters is 1. The van der Waals surface area contributed by atoms with Crippen molar-refractivity contribution in [3.8, 4) is 0 Å². The summed E-state index contributed by atoms with van der Waals surface area (Å²) >= 11 is 9.87. The van der Waals surface area contributed by atoms with Gasteiger partial charge in [0.05, 0.1) is 23.1 Å². The van der Waals surface area contributed by atoms with Crippen LogP contribution in [-0.2, 0) is 22.5 Å². The van der Waals surface area contributed by atoms with Crippen LogP contribution >= 0.6 is 23.2 Å². The second-order valence-corrected chi connectivity index (χ2v) is 7.62. The van der Waals surface area contributed by atoms with Crippen molar-refractivity contribution in [2.75, 3.05) is 13.7 Å². The zero-order valence-electron chi connectivity index (χ0n) is 14.4. The largest absolute Gasteiger partial charge is 0.465 e. The number of rotatable bonds is 8. The normalized spacial score (nSPS) is 13.4. The summed E-state index contributed by atoms with van der Waals surface area (Å²) in [6, 6.07) is 10.8. The molecule has 2 aromatic carbocycles. The number of ether oxygens (including phenoxy) is 1. The highest BCUT2D eigenvalue weighted by Crippen LogP contribution is 2.28. The number of halogens is 3. The topological polar surface area (TPSA) is 66.8 Å². The Hall–Kier alpha value is -1.51. The van der Waals surface area contributed by atoms with E-state index in [0.29, 0.717) is 17.5 Å². The van der Waals surface area contributed by atoms with Gasteiger partial charge in [0, 0.05) is 13.1 Å². The fraction of sp³-hybridized carbons (Fsp3) is 0.278. The molecule has 0 bridgehead atoms. The molecular formula is C18H18Cl2FNO4S. The predicted octanol–water partition coefficient (Wildman–Crippen LogP) is 4.57. The Balaban J connectivity index is 1.99. The molecule has 2 rings (SSSR count). The fourth-order valence-corrected chi connectivity index (χ4v) is 3.35. The summed E-state index contributed by atoms with van der Waals surface area (Å²) in [6.45, 7) is 0.420. The number of carbonyl (C=O) groups is 1. The zero-order valence-corrected chi connectivity index (χ0v) is 16.7. The Morgan fingerprint density at radius 3 is 2.52 bits per heavy atom. The Morgan fingerprint density at radius 2 is 1.96 bits per heavy atom. The van der Waals surface area contributed by atoms with E-state index in [1.165, 1.54) is 29.6 Å². The van der Waals surface area contributed by atoms with Gasteiger partial charge in [-0.15, -0.1) is 11.6 Å². The molecule has 0 aliphatic rings. The first-order valence-electron chi connectivity index (χ1n) is 7.94. The van der Waals surface area contributed by atoms with Crippen molar-refractivity contribution >= 4 is 40.4 Å². The maximum Gasteiger partial charge on any atom is 0.337 e. The van der Waals surface area contributed by atoms with E-state index in [-0.39, 0.29) is 18.1 Å². The van der Waals surface area contributed by atoms with E-state index in [1.807, 2.05) is 0 Å². The number of nitrogens with zero attached hydrogens (tertiary/aromatic N) is 1. The first-order chi connectivity index (χ1) is 12.8. The third kappa shape index (κ3) is 6.26. The molecule has 9 heteroatoms. The highest BCUT2D eigenvalue weighted by molar-refractivity contribution is 7.76. The second kappa shape index (κ2) is 10.1. The zero-order chi connectivity index (χ0) is 20.0. The van der Waals surface area contributed by atoms with Gasteiger partial charge in [0.25, 0.3) is 0 Å². The molecule has 0 heterocycles. The van der Waals surface area contributed by atoms with Crippen LogP contribution in [0.3, 0.4) is 0 Å². The summed E-state index contributed by atoms with van der Waals surface area (Å²) in [4.78, 5) is 11.4. The van der Waals surface area contributed by atoms with Gasteiger partial charge < -0.3 is 4.74 Å². The van der Waals surface area contributed by atoms with Gasteiger partial charge in [0.15, 0.2) is 0 Å². The lowest BCUT2D eigenvalue weighted by atomic mass is 10.1. The van der Waals surface area contributed by atoms with Gasteiger partial charge in [-0.05, 0) is 41.8 Å². The van der Waals surface area contributed by atoms with Crippen LogP contribution in [-0.4, -0.2) is 32.7 Å². The van der Waals surface area contributed by atoms with Crippen molar-refractivity contribution < 1.29 is 22.7 Å². The molecule has 146 valence electrons. The molecule has 2 unspecified atom stereocenters. The van der Waals surface area contributed by atoms with Gasteiger partial charge in [-0.25, -0.2) is 13.4 Å². The molecule has 1 N–H and O–H groups in total. The summed E-state index contributed by atoms with van der Waals surface area (Å²) < 4.78 is 40.4. The number of carbonyl (C=O) groups excluding carboxylic acids is 1. The SMILES string of the molecule is COC(=O)c1ccc(CN(CCC(Cl)c2ccc(F)c(Cl)c2)S(=O)O)cc1. The standard InChI is InChI=1S/C18H18Cl2FNO4S/c1-26-18(23)13-4-2-12(3-5-13)11-22(27(24)25)9-8-15(19)14-6-7-17(21)16(20)10-14/h2-7,10,15H,8-9,11H2,1H3,(H,24,25). The third-order valence-corrected chi connectivity index (χ3v) is 5.41. The molecule has 0 fully saturated rings. The van der Waals surface area contributed by atoms with Crippen LogP contribution in [0.25, 0.3) is 0 Å². The van der Waals surface area contributed by atoms with Gasteiger partial charge >= 0.3 is 5.97 Å². The summed E-state index contributed by atoms with van der Waals surface area (Å²) in [5, 5.41) is -0.512. The van der Waals surface area contributed by atoms with Crippen molar-refractivity contribution in [1.29, 1.82) is 0 Å². The van der Waals surface area contributed by atoms with E-state index in [4.69, 9.17) is 23.2 Å². The molecule has 0 spiro atoms. The van der Waals surface area contributed by atoms with E-state index in [2.05, 4.69) is 4.74 Å². The van der Waals surface area contributed by atoms with Gasteiger partial charge in [-0.1, -0.05) is 29.8 Å². The third-order valence-electron chi connectivity index (χ3n) is 3.89. The number of alkyl halides is 1. The quantitative estimate of drug-likeness (QED) is 0.376. The van der Waals surface area contributed by atoms with Crippen molar-refractivity contribution in [3.05, 3.63) is 70.0 Å². The lowest BCUT2D eigenvalue weighted by Crippen LogP contribution is -2.27. The lowest BCUT2D eigenvalue weighted by molar-refractivity contribution is 0.0600. The molecule has 0 amide bonds. The predicted molar refractivity (Wildman–Crippen MR) is 104 cm³/mol. The maximum absolute atomic E-state index is 13.2. The second-order valence-electron chi connectivity index (χ2n) is 5.71. The van der Waals surface area contributed by atoms with E-state index >= 15 is 0 Å². The molecule has 2 atom stereocenters. The minimum absolute atomic E-state index is 0.0218. The first kappa shape index (κ1) is 21.8. The van der Waals surface area contributed by atoms with Crippen molar-refractivity contribution in [2.45, 2.75) is 18.3 Å². The molecule has 0 saturated heterocycles. The molecule has 0 aromatic heterocycles. The minimum Gasteiger partial charge on any atom is -0.465 e. The average Bonchev–Trinajstić information content (AvgIpc) is 2.66. The highest BCUT2D eigenvalue weighted by Gasteiger charge is 2.17. The van der Waals surface area contributed by atoms with Gasteiger partial charge in [-0.3, -0.25) is 4.55 Å². The van der Waals surface area contributed by atoms with Crippen molar-refractivity contribution in [2.24, 2.45) is 0 Å². The van der Waals surface area contributed by atoms with Crippen LogP contribution in [0, 0.1) is 5.82 Å². The Labute approximate surface area is 169 Å². The number of hydrogen-bond acceptors (Lipinski definition) is 3. The Bertz CT molecular complexity index is 820. The average molecular weight is 434 g/mol. The number of hydrogen-bond donors (Lipinski definition) is 1. The summed E-state index contributed by atoms with van der Waals surface area (Å²) in [5.41, 5.74) is 1.78. The molecule has 5 nitrogen and oxygen atoms in total. The van der Waals surface area contributed by atoms with Crippen LogP contribution in [0.15, 0.2) is 42.5 Å². The Morgan fingerprint density at radius 1 is 1.30 bits per heavy atom. The van der Waals surface area contributed by atoms with E-state index in [0.717, 1.165) is 5.56 Å². The molecule has 0 aliphatic heterocycles. The maximum atomic E-state index is 13.2. The van der Waals surface area contributed by atoms with Crippen LogP contribution < -0.4 is 0 Å². The molecule has 27 heavy (non-hydrogen) atoms. The van der Waals surface area contributed by atoms with Gasteiger partial charge in [0.2, 0.25) is 11.3 Å². The fourth-order valence-electron chi connectivity index (χ4n) is 2.41. The lowest BCUT2D eigenvalue weighted by Gasteiger charge is -2.19. The van der Waals surface area contributed by atoms with E-state index in [1.54, 1.807) is 24.3 Å². The summed E-state index contributed by atoms with van der Waals surface area (Å²) in [7, 11) is 1.30. The molecule has 0 aliphatic carbocycles. The summed E-state index contributed by atoms with van der Waals surface area (Å²) in [6.07, 6.45) is 0.357. The van der Waals surface area contributed by atoms with E-state index < -0.39 is 28.4 Å². The first-order valence-corrected chi connectivity index (χ1v) is 9.81. The van der Waals surface area contributed by atoms with Gasteiger partial charge in [-0.2, -0.15) is 4.31 Å². The smallest absolute Gasteiger partial charge is 0.337 e.